The Morgan fingerprint density at radius 1 is 1.24 bits per heavy atom. The van der Waals surface area contributed by atoms with Crippen molar-refractivity contribution in [1.82, 2.24) is 5.32 Å². The van der Waals surface area contributed by atoms with Crippen LogP contribution < -0.4 is 10.1 Å². The molecule has 3 rings (SSSR count). The number of nitrogens with one attached hydrogen (secondary N) is 1. The molecule has 21 heavy (non-hydrogen) atoms. The van der Waals surface area contributed by atoms with Crippen molar-refractivity contribution in [3.05, 3.63) is 40.9 Å². The Bertz CT molecular complexity index is 638. The molecule has 0 saturated heterocycles. The molecule has 1 saturated carbocycles. The van der Waals surface area contributed by atoms with Gasteiger partial charge in [0.2, 0.25) is 0 Å². The monoisotopic (exact) mass is 349 g/mol. The Morgan fingerprint density at radius 3 is 2.71 bits per heavy atom. The quantitative estimate of drug-likeness (QED) is 0.838. The van der Waals surface area contributed by atoms with Gasteiger partial charge in [-0.2, -0.15) is 0 Å². The van der Waals surface area contributed by atoms with E-state index in [1.165, 1.54) is 18.2 Å². The van der Waals surface area contributed by atoms with Crippen molar-refractivity contribution in [3.8, 4) is 5.75 Å². The highest BCUT2D eigenvalue weighted by Gasteiger charge is 2.27. The van der Waals surface area contributed by atoms with Gasteiger partial charge in [0.15, 0.2) is 0 Å². The fourth-order valence-corrected chi connectivity index (χ4v) is 2.60. The average molecular weight is 350 g/mol. The van der Waals surface area contributed by atoms with E-state index in [9.17, 15) is 5.11 Å². The molecule has 1 atom stereocenters. The Kier molecular flexibility index (Phi) is 4.20. The van der Waals surface area contributed by atoms with Gasteiger partial charge in [-0.05, 0) is 54.8 Å². The van der Waals surface area contributed by atoms with Crippen LogP contribution in [0.25, 0.3) is 10.8 Å². The summed E-state index contributed by atoms with van der Waals surface area (Å²) < 4.78 is 6.83. The highest BCUT2D eigenvalue weighted by atomic mass is 79.9. The zero-order valence-electron chi connectivity index (χ0n) is 12.1. The fourth-order valence-electron chi connectivity index (χ4n) is 2.23. The van der Waals surface area contributed by atoms with Crippen molar-refractivity contribution >= 4 is 26.7 Å². The molecule has 0 bridgehead atoms. The number of fused-ring (bicyclic) bond motifs is 1. The molecule has 3 nitrogen and oxygen atoms in total. The maximum absolute atomic E-state index is 10.3. The van der Waals surface area contributed by atoms with E-state index in [4.69, 9.17) is 4.74 Å². The Balaban J connectivity index is 1.62. The number of hydrogen-bond donors (Lipinski definition) is 2. The van der Waals surface area contributed by atoms with Gasteiger partial charge in [-0.3, -0.25) is 0 Å². The third-order valence-electron chi connectivity index (χ3n) is 3.67. The van der Waals surface area contributed by atoms with Crippen LogP contribution in [0.5, 0.6) is 5.75 Å². The average Bonchev–Trinajstić information content (AvgIpc) is 3.27. The third-order valence-corrected chi connectivity index (χ3v) is 4.17. The molecular formula is C17H20BrNO2. The number of halogens is 1. The van der Waals surface area contributed by atoms with E-state index in [0.717, 1.165) is 15.6 Å². The Hall–Kier alpha value is -1.10. The van der Waals surface area contributed by atoms with E-state index < -0.39 is 5.60 Å². The first kappa shape index (κ1) is 14.8. The van der Waals surface area contributed by atoms with Gasteiger partial charge < -0.3 is 15.2 Å². The van der Waals surface area contributed by atoms with E-state index in [1.54, 1.807) is 6.92 Å². The van der Waals surface area contributed by atoms with Crippen molar-refractivity contribution in [2.75, 3.05) is 13.2 Å². The summed E-state index contributed by atoms with van der Waals surface area (Å²) in [6.45, 7) is 2.66. The topological polar surface area (TPSA) is 41.5 Å². The number of hydrogen-bond acceptors (Lipinski definition) is 3. The summed E-state index contributed by atoms with van der Waals surface area (Å²) in [5, 5.41) is 15.9. The van der Waals surface area contributed by atoms with Crippen LogP contribution in [-0.4, -0.2) is 29.9 Å². The van der Waals surface area contributed by atoms with Crippen LogP contribution in [0.3, 0.4) is 0 Å². The normalized spacial score (nSPS) is 17.7. The van der Waals surface area contributed by atoms with Crippen molar-refractivity contribution in [2.24, 2.45) is 0 Å². The molecule has 2 aromatic rings. The van der Waals surface area contributed by atoms with Crippen LogP contribution in [0.4, 0.5) is 0 Å². The van der Waals surface area contributed by atoms with Gasteiger partial charge in [0.25, 0.3) is 0 Å². The van der Waals surface area contributed by atoms with E-state index in [1.807, 2.05) is 24.3 Å². The summed E-state index contributed by atoms with van der Waals surface area (Å²) in [7, 11) is 0. The van der Waals surface area contributed by atoms with E-state index in [0.29, 0.717) is 12.6 Å². The molecule has 0 radical (unpaired) electrons. The van der Waals surface area contributed by atoms with Gasteiger partial charge in [0.1, 0.15) is 18.0 Å². The van der Waals surface area contributed by atoms with Gasteiger partial charge >= 0.3 is 0 Å². The minimum atomic E-state index is -0.850. The molecule has 2 N–H and O–H groups in total. The van der Waals surface area contributed by atoms with Crippen LogP contribution in [0.1, 0.15) is 19.8 Å². The highest BCUT2D eigenvalue weighted by molar-refractivity contribution is 9.10. The molecule has 1 aliphatic carbocycles. The summed E-state index contributed by atoms with van der Waals surface area (Å²) in [6, 6.07) is 12.7. The summed E-state index contributed by atoms with van der Waals surface area (Å²) in [6.07, 6.45) is 2.44. The molecule has 1 aliphatic rings. The molecule has 0 aliphatic heterocycles. The minimum absolute atomic E-state index is 0.286. The number of benzene rings is 2. The number of ether oxygens (including phenoxy) is 1. The number of aliphatic hydroxyl groups is 1. The molecule has 1 fully saturated rings. The molecule has 4 heteroatoms. The molecule has 0 aromatic heterocycles. The molecule has 0 amide bonds. The summed E-state index contributed by atoms with van der Waals surface area (Å²) >= 11 is 3.47. The SMILES string of the molecule is CC(O)(CNC1CC1)COc1ccc2cc(Br)ccc2c1. The second kappa shape index (κ2) is 5.95. The van der Waals surface area contributed by atoms with Gasteiger partial charge in [-0.15, -0.1) is 0 Å². The molecular weight excluding hydrogens is 330 g/mol. The lowest BCUT2D eigenvalue weighted by Gasteiger charge is -2.24. The van der Waals surface area contributed by atoms with E-state index in [-0.39, 0.29) is 6.61 Å². The van der Waals surface area contributed by atoms with Crippen LogP contribution in [0.15, 0.2) is 40.9 Å². The molecule has 1 unspecified atom stereocenters. The van der Waals surface area contributed by atoms with Crippen LogP contribution in [0, 0.1) is 0 Å². The molecule has 2 aromatic carbocycles. The fraction of sp³-hybridized carbons (Fsp3) is 0.412. The molecule has 0 spiro atoms. The maximum atomic E-state index is 10.3. The van der Waals surface area contributed by atoms with E-state index >= 15 is 0 Å². The van der Waals surface area contributed by atoms with Crippen molar-refractivity contribution < 1.29 is 9.84 Å². The molecule has 112 valence electrons. The van der Waals surface area contributed by atoms with E-state index in [2.05, 4.69) is 33.4 Å². The largest absolute Gasteiger partial charge is 0.491 e. The van der Waals surface area contributed by atoms with Crippen molar-refractivity contribution in [3.63, 3.8) is 0 Å². The smallest absolute Gasteiger partial charge is 0.120 e. The Labute approximate surface area is 133 Å². The van der Waals surface area contributed by atoms with Crippen LogP contribution >= 0.6 is 15.9 Å². The third kappa shape index (κ3) is 4.19. The summed E-state index contributed by atoms with van der Waals surface area (Å²) in [4.78, 5) is 0. The minimum Gasteiger partial charge on any atom is -0.491 e. The summed E-state index contributed by atoms with van der Waals surface area (Å²) in [5.41, 5.74) is -0.850. The standard InChI is InChI=1S/C17H20BrNO2/c1-17(20,10-19-15-5-6-15)11-21-16-7-3-12-8-14(18)4-2-13(12)9-16/h2-4,7-9,15,19-20H,5-6,10-11H2,1H3. The first-order valence-corrected chi connectivity index (χ1v) is 8.09. The second-order valence-electron chi connectivity index (χ2n) is 6.09. The van der Waals surface area contributed by atoms with Crippen molar-refractivity contribution in [2.45, 2.75) is 31.4 Å². The van der Waals surface area contributed by atoms with Crippen LogP contribution in [0.2, 0.25) is 0 Å². The second-order valence-corrected chi connectivity index (χ2v) is 7.01. The van der Waals surface area contributed by atoms with Gasteiger partial charge in [-0.25, -0.2) is 0 Å². The summed E-state index contributed by atoms with van der Waals surface area (Å²) in [5.74, 6) is 0.788. The lowest BCUT2D eigenvalue weighted by atomic mass is 10.1. The van der Waals surface area contributed by atoms with Gasteiger partial charge in [-0.1, -0.05) is 28.1 Å². The van der Waals surface area contributed by atoms with Crippen LogP contribution in [-0.2, 0) is 0 Å². The number of rotatable bonds is 6. The predicted molar refractivity (Wildman–Crippen MR) is 88.8 cm³/mol. The maximum Gasteiger partial charge on any atom is 0.120 e. The lowest BCUT2D eigenvalue weighted by molar-refractivity contribution is 0.0120. The predicted octanol–water partition coefficient (Wildman–Crippen LogP) is 3.48. The van der Waals surface area contributed by atoms with Gasteiger partial charge in [0, 0.05) is 17.1 Å². The lowest BCUT2D eigenvalue weighted by Crippen LogP contribution is -2.43. The zero-order valence-corrected chi connectivity index (χ0v) is 13.7. The first-order chi connectivity index (χ1) is 10.0. The zero-order chi connectivity index (χ0) is 14.9. The van der Waals surface area contributed by atoms with Crippen molar-refractivity contribution in [1.29, 1.82) is 0 Å². The first-order valence-electron chi connectivity index (χ1n) is 7.30. The Morgan fingerprint density at radius 2 is 1.95 bits per heavy atom. The highest BCUT2D eigenvalue weighted by Crippen LogP contribution is 2.25. The molecule has 0 heterocycles. The van der Waals surface area contributed by atoms with Gasteiger partial charge in [0.05, 0.1) is 0 Å².